The van der Waals surface area contributed by atoms with Crippen molar-refractivity contribution < 1.29 is 9.59 Å². The minimum Gasteiger partial charge on any atom is -0.342 e. The third kappa shape index (κ3) is 4.10. The number of anilines is 1. The quantitative estimate of drug-likeness (QED) is 0.812. The van der Waals surface area contributed by atoms with E-state index < -0.39 is 0 Å². The van der Waals surface area contributed by atoms with Gasteiger partial charge in [0.2, 0.25) is 11.8 Å². The van der Waals surface area contributed by atoms with Crippen LogP contribution in [0.15, 0.2) is 6.20 Å². The zero-order valence-electron chi connectivity index (χ0n) is 16.1. The van der Waals surface area contributed by atoms with Gasteiger partial charge in [-0.3, -0.25) is 14.7 Å². The third-order valence-electron chi connectivity index (χ3n) is 6.13. The number of rotatable bonds is 6. The smallest absolute Gasteiger partial charge is 0.227 e. The molecule has 3 rings (SSSR count). The minimum atomic E-state index is 0.117. The number of aromatic nitrogens is 2. The summed E-state index contributed by atoms with van der Waals surface area (Å²) in [6.07, 6.45) is 9.77. The van der Waals surface area contributed by atoms with Gasteiger partial charge in [-0.2, -0.15) is 5.10 Å². The number of likely N-dealkylation sites (tertiary alicyclic amines) is 1. The lowest BCUT2D eigenvalue weighted by atomic mass is 9.92. The molecule has 1 saturated heterocycles. The number of nitrogens with zero attached hydrogens (tertiary/aromatic N) is 2. The Morgan fingerprint density at radius 3 is 2.65 bits per heavy atom. The average molecular weight is 361 g/mol. The van der Waals surface area contributed by atoms with Crippen molar-refractivity contribution in [3.8, 4) is 0 Å². The van der Waals surface area contributed by atoms with Gasteiger partial charge in [0.25, 0.3) is 0 Å². The molecule has 0 aromatic carbocycles. The summed E-state index contributed by atoms with van der Waals surface area (Å²) in [4.78, 5) is 27.2. The van der Waals surface area contributed by atoms with Crippen LogP contribution in [0.25, 0.3) is 0 Å². The molecule has 6 nitrogen and oxygen atoms in total. The molecule has 2 N–H and O–H groups in total. The molecule has 144 valence electrons. The highest BCUT2D eigenvalue weighted by molar-refractivity contribution is 5.93. The van der Waals surface area contributed by atoms with Gasteiger partial charge in [0, 0.05) is 30.8 Å². The van der Waals surface area contributed by atoms with Gasteiger partial charge < -0.3 is 10.2 Å². The molecule has 1 atom stereocenters. The number of carbonyl (C=O) groups is 2. The fourth-order valence-corrected chi connectivity index (χ4v) is 4.44. The topological polar surface area (TPSA) is 78.1 Å². The standard InChI is InChI=1S/C20H32N4O2/c1-3-14(4-2)20(26)24-11-7-10-16(13-24)18-17(12-21-23-18)22-19(25)15-8-5-6-9-15/h12,14-16H,3-11,13H2,1-2H3,(H,21,23)(H,22,25)/t16-/m0/s1. The molecule has 1 saturated carbocycles. The molecule has 2 aliphatic rings. The van der Waals surface area contributed by atoms with Crippen molar-refractivity contribution in [2.75, 3.05) is 18.4 Å². The average Bonchev–Trinajstić information content (AvgIpc) is 3.34. The summed E-state index contributed by atoms with van der Waals surface area (Å²) in [6.45, 7) is 5.71. The van der Waals surface area contributed by atoms with E-state index in [0.29, 0.717) is 6.54 Å². The Morgan fingerprint density at radius 1 is 1.23 bits per heavy atom. The first-order valence-electron chi connectivity index (χ1n) is 10.3. The molecule has 2 fully saturated rings. The predicted molar refractivity (Wildman–Crippen MR) is 102 cm³/mol. The number of H-pyrrole nitrogens is 1. The van der Waals surface area contributed by atoms with Crippen molar-refractivity contribution in [2.24, 2.45) is 11.8 Å². The second kappa shape index (κ2) is 8.69. The van der Waals surface area contributed by atoms with Gasteiger partial charge >= 0.3 is 0 Å². The second-order valence-corrected chi connectivity index (χ2v) is 7.80. The molecule has 1 aliphatic heterocycles. The highest BCUT2D eigenvalue weighted by atomic mass is 16.2. The molecule has 2 amide bonds. The number of hydrogen-bond acceptors (Lipinski definition) is 3. The Balaban J connectivity index is 1.66. The third-order valence-corrected chi connectivity index (χ3v) is 6.13. The van der Waals surface area contributed by atoms with Gasteiger partial charge in [-0.05, 0) is 38.5 Å². The molecular formula is C20H32N4O2. The van der Waals surface area contributed by atoms with Crippen LogP contribution in [0.4, 0.5) is 5.69 Å². The number of piperidine rings is 1. The monoisotopic (exact) mass is 360 g/mol. The summed E-state index contributed by atoms with van der Waals surface area (Å²) in [7, 11) is 0. The zero-order chi connectivity index (χ0) is 18.5. The molecule has 0 spiro atoms. The maximum absolute atomic E-state index is 12.7. The van der Waals surface area contributed by atoms with E-state index in [2.05, 4.69) is 29.4 Å². The maximum Gasteiger partial charge on any atom is 0.227 e. The molecule has 6 heteroatoms. The van der Waals surface area contributed by atoms with Crippen molar-refractivity contribution in [3.05, 3.63) is 11.9 Å². The number of nitrogens with one attached hydrogen (secondary N) is 2. The highest BCUT2D eigenvalue weighted by Gasteiger charge is 2.31. The molecule has 1 aromatic rings. The van der Waals surface area contributed by atoms with Crippen molar-refractivity contribution in [2.45, 2.75) is 71.1 Å². The second-order valence-electron chi connectivity index (χ2n) is 7.80. The van der Waals surface area contributed by atoms with E-state index in [-0.39, 0.29) is 29.6 Å². The van der Waals surface area contributed by atoms with Crippen LogP contribution in [-0.4, -0.2) is 40.0 Å². The molecule has 0 radical (unpaired) electrons. The Labute approximate surface area is 156 Å². The van der Waals surface area contributed by atoms with E-state index in [9.17, 15) is 9.59 Å². The summed E-state index contributed by atoms with van der Waals surface area (Å²) in [6, 6.07) is 0. The number of amides is 2. The summed E-state index contributed by atoms with van der Waals surface area (Å²) in [5, 5.41) is 10.3. The Bertz CT molecular complexity index is 617. The minimum absolute atomic E-state index is 0.117. The van der Waals surface area contributed by atoms with E-state index >= 15 is 0 Å². The zero-order valence-corrected chi connectivity index (χ0v) is 16.1. The summed E-state index contributed by atoms with van der Waals surface area (Å²) in [5.41, 5.74) is 1.77. The van der Waals surface area contributed by atoms with Crippen LogP contribution in [0.1, 0.15) is 76.8 Å². The van der Waals surface area contributed by atoms with E-state index in [1.807, 2.05) is 4.90 Å². The first-order chi connectivity index (χ1) is 12.6. The Morgan fingerprint density at radius 2 is 1.96 bits per heavy atom. The summed E-state index contributed by atoms with van der Waals surface area (Å²) in [5.74, 6) is 0.860. The molecule has 2 heterocycles. The van der Waals surface area contributed by atoms with Gasteiger partial charge in [0.1, 0.15) is 0 Å². The molecule has 1 aromatic heterocycles. The van der Waals surface area contributed by atoms with Gasteiger partial charge in [-0.1, -0.05) is 26.7 Å². The fourth-order valence-electron chi connectivity index (χ4n) is 4.44. The SMILES string of the molecule is CCC(CC)C(=O)N1CCC[C@H](c2[nH]ncc2NC(=O)C2CCCC2)C1. The van der Waals surface area contributed by atoms with Crippen LogP contribution >= 0.6 is 0 Å². The van der Waals surface area contributed by atoms with Crippen LogP contribution in [-0.2, 0) is 9.59 Å². The molecule has 1 aliphatic carbocycles. The number of aromatic amines is 1. The molecule has 0 unspecified atom stereocenters. The van der Waals surface area contributed by atoms with Gasteiger partial charge in [-0.25, -0.2) is 0 Å². The highest BCUT2D eigenvalue weighted by Crippen LogP contribution is 2.32. The largest absolute Gasteiger partial charge is 0.342 e. The summed E-state index contributed by atoms with van der Waals surface area (Å²) >= 11 is 0. The molecular weight excluding hydrogens is 328 g/mol. The lowest BCUT2D eigenvalue weighted by molar-refractivity contribution is -0.137. The van der Waals surface area contributed by atoms with Gasteiger partial charge in [0.15, 0.2) is 0 Å². The van der Waals surface area contributed by atoms with Gasteiger partial charge in [0.05, 0.1) is 17.6 Å². The van der Waals surface area contributed by atoms with Crippen molar-refractivity contribution in [1.29, 1.82) is 0 Å². The lowest BCUT2D eigenvalue weighted by Gasteiger charge is -2.34. The maximum atomic E-state index is 12.7. The molecule has 0 bridgehead atoms. The van der Waals surface area contributed by atoms with Gasteiger partial charge in [-0.15, -0.1) is 0 Å². The van der Waals surface area contributed by atoms with E-state index in [1.165, 1.54) is 0 Å². The van der Waals surface area contributed by atoms with Crippen molar-refractivity contribution >= 4 is 17.5 Å². The van der Waals surface area contributed by atoms with Crippen LogP contribution in [0.3, 0.4) is 0 Å². The van der Waals surface area contributed by atoms with Crippen molar-refractivity contribution in [3.63, 3.8) is 0 Å². The van der Waals surface area contributed by atoms with Crippen LogP contribution < -0.4 is 5.32 Å². The normalized spacial score (nSPS) is 21.3. The Hall–Kier alpha value is -1.85. The van der Waals surface area contributed by atoms with Crippen molar-refractivity contribution in [1.82, 2.24) is 15.1 Å². The Kier molecular flexibility index (Phi) is 6.33. The van der Waals surface area contributed by atoms with E-state index in [1.54, 1.807) is 6.20 Å². The first kappa shape index (κ1) is 18.9. The summed E-state index contributed by atoms with van der Waals surface area (Å²) < 4.78 is 0. The van der Waals surface area contributed by atoms with E-state index in [0.717, 1.165) is 69.3 Å². The van der Waals surface area contributed by atoms with Crippen LogP contribution in [0.5, 0.6) is 0 Å². The van der Waals surface area contributed by atoms with Crippen LogP contribution in [0.2, 0.25) is 0 Å². The lowest BCUT2D eigenvalue weighted by Crippen LogP contribution is -2.42. The predicted octanol–water partition coefficient (Wildman–Crippen LogP) is 3.68. The molecule has 26 heavy (non-hydrogen) atoms. The number of carbonyl (C=O) groups excluding carboxylic acids is 2. The number of hydrogen-bond donors (Lipinski definition) is 2. The first-order valence-corrected chi connectivity index (χ1v) is 10.3. The van der Waals surface area contributed by atoms with E-state index in [4.69, 9.17) is 0 Å². The fraction of sp³-hybridized carbons (Fsp3) is 0.750. The van der Waals surface area contributed by atoms with Crippen LogP contribution in [0, 0.1) is 11.8 Å².